The van der Waals surface area contributed by atoms with E-state index in [-0.39, 0.29) is 6.61 Å². The zero-order chi connectivity index (χ0) is 31.8. The Morgan fingerprint density at radius 1 is 0.422 bits per heavy atom. The number of rotatable bonds is 26. The second-order valence-corrected chi connectivity index (χ2v) is 9.75. The van der Waals surface area contributed by atoms with Crippen LogP contribution in [0.25, 0.3) is 0 Å². The normalized spacial score (nSPS) is 11.5. The van der Waals surface area contributed by atoms with Gasteiger partial charge in [0.15, 0.2) is 0 Å². The summed E-state index contributed by atoms with van der Waals surface area (Å²) in [5.74, 6) is 1.55. The van der Waals surface area contributed by atoms with Gasteiger partial charge in [0.1, 0.15) is 17.1 Å². The van der Waals surface area contributed by atoms with Crippen LogP contribution in [0.4, 0.5) is 0 Å². The molecule has 3 aromatic carbocycles. The lowest BCUT2D eigenvalue weighted by molar-refractivity contribution is -0.0396. The average molecular weight is 629 g/mol. The minimum atomic E-state index is -0.872. The van der Waals surface area contributed by atoms with Crippen LogP contribution in [0.15, 0.2) is 78.9 Å². The second-order valence-electron chi connectivity index (χ2n) is 9.75. The number of hydrogen-bond donors (Lipinski definition) is 1. The number of aliphatic hydroxyl groups is 1. The summed E-state index contributed by atoms with van der Waals surface area (Å²) in [5.41, 5.74) is 2.08. The minimum Gasteiger partial charge on any atom is -0.497 e. The van der Waals surface area contributed by atoms with Gasteiger partial charge in [-0.15, -0.1) is 0 Å². The van der Waals surface area contributed by atoms with Crippen molar-refractivity contribution >= 4 is 0 Å². The Kier molecular flexibility index (Phi) is 18.2. The molecule has 1 N–H and O–H groups in total. The van der Waals surface area contributed by atoms with Crippen LogP contribution in [-0.2, 0) is 38.8 Å². The van der Waals surface area contributed by atoms with Crippen LogP contribution in [0.1, 0.15) is 16.7 Å². The Labute approximate surface area is 267 Å². The molecule has 0 atom stereocenters. The Morgan fingerprint density at radius 3 is 1.11 bits per heavy atom. The first-order valence-electron chi connectivity index (χ1n) is 15.3. The van der Waals surface area contributed by atoms with Crippen molar-refractivity contribution in [1.29, 1.82) is 0 Å². The smallest absolute Gasteiger partial charge is 0.143 e. The van der Waals surface area contributed by atoms with Gasteiger partial charge in [0.2, 0.25) is 0 Å². The average Bonchev–Trinajstić information content (AvgIpc) is 3.10. The first kappa shape index (κ1) is 36.4. The fourth-order valence-electron chi connectivity index (χ4n) is 4.59. The van der Waals surface area contributed by atoms with E-state index in [9.17, 15) is 0 Å². The number of aliphatic hydroxyl groups excluding tert-OH is 1. The molecule has 10 nitrogen and oxygen atoms in total. The molecule has 0 amide bonds. The van der Waals surface area contributed by atoms with Crippen LogP contribution >= 0.6 is 0 Å². The predicted molar refractivity (Wildman–Crippen MR) is 170 cm³/mol. The third kappa shape index (κ3) is 12.7. The molecule has 248 valence electrons. The first-order chi connectivity index (χ1) is 22.2. The lowest BCUT2D eigenvalue weighted by Crippen LogP contribution is -2.34. The van der Waals surface area contributed by atoms with Crippen molar-refractivity contribution in [3.8, 4) is 11.5 Å². The number of benzene rings is 3. The van der Waals surface area contributed by atoms with Crippen molar-refractivity contribution < 1.29 is 47.7 Å². The van der Waals surface area contributed by atoms with Gasteiger partial charge in [0.25, 0.3) is 0 Å². The molecule has 0 aliphatic heterocycles. The molecule has 45 heavy (non-hydrogen) atoms. The molecule has 0 heterocycles. The van der Waals surface area contributed by atoms with E-state index in [2.05, 4.69) is 12.1 Å². The Morgan fingerprint density at radius 2 is 0.756 bits per heavy atom. The van der Waals surface area contributed by atoms with Crippen molar-refractivity contribution in [2.45, 2.75) is 5.60 Å². The highest BCUT2D eigenvalue weighted by Crippen LogP contribution is 2.41. The van der Waals surface area contributed by atoms with Gasteiger partial charge in [0, 0.05) is 0 Å². The summed E-state index contributed by atoms with van der Waals surface area (Å²) in [6.45, 7) is 5.88. The lowest BCUT2D eigenvalue weighted by atomic mass is 9.80. The maximum Gasteiger partial charge on any atom is 0.143 e. The Bertz CT molecular complexity index is 1080. The van der Waals surface area contributed by atoms with E-state index in [4.69, 9.17) is 47.7 Å². The van der Waals surface area contributed by atoms with E-state index in [1.54, 1.807) is 14.2 Å². The van der Waals surface area contributed by atoms with Crippen LogP contribution in [0.2, 0.25) is 0 Å². The predicted octanol–water partition coefficient (Wildman–Crippen LogP) is 4.10. The summed E-state index contributed by atoms with van der Waals surface area (Å²) in [6, 6.07) is 26.1. The highest BCUT2D eigenvalue weighted by Gasteiger charge is 2.37. The van der Waals surface area contributed by atoms with Gasteiger partial charge >= 0.3 is 0 Å². The van der Waals surface area contributed by atoms with E-state index < -0.39 is 5.60 Å². The molecule has 10 heteroatoms. The van der Waals surface area contributed by atoms with Crippen LogP contribution in [-0.4, -0.2) is 112 Å². The molecule has 0 saturated carbocycles. The van der Waals surface area contributed by atoms with Gasteiger partial charge in [-0.25, -0.2) is 0 Å². The van der Waals surface area contributed by atoms with Gasteiger partial charge < -0.3 is 47.7 Å². The van der Waals surface area contributed by atoms with Crippen LogP contribution < -0.4 is 9.47 Å². The number of ether oxygens (including phenoxy) is 9. The quantitative estimate of drug-likeness (QED) is 0.103. The first-order valence-corrected chi connectivity index (χ1v) is 15.3. The van der Waals surface area contributed by atoms with Crippen molar-refractivity contribution in [2.75, 3.05) is 107 Å². The van der Waals surface area contributed by atoms with Crippen molar-refractivity contribution in [3.05, 3.63) is 95.6 Å². The molecule has 0 unspecified atom stereocenters. The Hall–Kier alpha value is -3.06. The molecule has 0 fully saturated rings. The maximum absolute atomic E-state index is 8.63. The highest BCUT2D eigenvalue weighted by molar-refractivity contribution is 5.49. The monoisotopic (exact) mass is 628 g/mol. The molecule has 3 rings (SSSR count). The molecule has 3 aromatic rings. The van der Waals surface area contributed by atoms with Crippen molar-refractivity contribution in [2.24, 2.45) is 0 Å². The van der Waals surface area contributed by atoms with Gasteiger partial charge in [0.05, 0.1) is 107 Å². The van der Waals surface area contributed by atoms with Crippen molar-refractivity contribution in [1.82, 2.24) is 0 Å². The lowest BCUT2D eigenvalue weighted by Gasteiger charge is -2.36. The summed E-state index contributed by atoms with van der Waals surface area (Å²) in [6.07, 6.45) is 0. The molecule has 0 bridgehead atoms. The number of hydrogen-bond acceptors (Lipinski definition) is 10. The molecule has 0 spiro atoms. The summed E-state index contributed by atoms with van der Waals surface area (Å²) in [7, 11) is 3.31. The maximum atomic E-state index is 8.63. The molecule has 0 aliphatic rings. The standard InChI is InChI=1S/C35H48O10/c1-37-33-12-8-31(9-13-33)35(30-6-4-3-5-7-30,32-10-14-34(38-2)15-11-32)45-29-28-44-27-26-43-25-24-42-23-22-41-21-20-40-19-18-39-17-16-36/h3-15,36H,16-29H2,1-2H3. The molecule has 0 saturated heterocycles. The molecular weight excluding hydrogens is 580 g/mol. The van der Waals surface area contributed by atoms with Gasteiger partial charge in [-0.2, -0.15) is 0 Å². The van der Waals surface area contributed by atoms with Crippen molar-refractivity contribution in [3.63, 3.8) is 0 Å². The molecule has 0 aliphatic carbocycles. The largest absolute Gasteiger partial charge is 0.497 e. The van der Waals surface area contributed by atoms with E-state index in [0.29, 0.717) is 85.9 Å². The number of methoxy groups -OCH3 is 2. The van der Waals surface area contributed by atoms with Crippen LogP contribution in [0, 0.1) is 0 Å². The van der Waals surface area contributed by atoms with Crippen LogP contribution in [0.3, 0.4) is 0 Å². The van der Waals surface area contributed by atoms with Gasteiger partial charge in [-0.05, 0) is 41.0 Å². The second kappa shape index (κ2) is 22.4. The fraction of sp³-hybridized carbons (Fsp3) is 0.486. The third-order valence-corrected chi connectivity index (χ3v) is 6.82. The van der Waals surface area contributed by atoms with E-state index in [1.165, 1.54) is 0 Å². The zero-order valence-electron chi connectivity index (χ0n) is 26.5. The fourth-order valence-corrected chi connectivity index (χ4v) is 4.59. The SMILES string of the molecule is COc1ccc(C(OCCOCCOCCOCCOCCOCCOCCO)(c2ccccc2)c2ccc(OC)cc2)cc1. The molecule has 0 radical (unpaired) electrons. The molecule has 0 aromatic heterocycles. The summed E-state index contributed by atoms with van der Waals surface area (Å²) in [5, 5.41) is 8.63. The van der Waals surface area contributed by atoms with E-state index in [1.807, 2.05) is 66.7 Å². The Balaban J connectivity index is 1.39. The van der Waals surface area contributed by atoms with E-state index in [0.717, 1.165) is 28.2 Å². The minimum absolute atomic E-state index is 0.0206. The highest BCUT2D eigenvalue weighted by atomic mass is 16.6. The topological polar surface area (TPSA) is 103 Å². The summed E-state index contributed by atoms with van der Waals surface area (Å²) < 4.78 is 50.5. The van der Waals surface area contributed by atoms with Gasteiger partial charge in [-0.3, -0.25) is 0 Å². The zero-order valence-corrected chi connectivity index (χ0v) is 26.5. The third-order valence-electron chi connectivity index (χ3n) is 6.82. The summed E-state index contributed by atoms with van der Waals surface area (Å²) in [4.78, 5) is 0. The van der Waals surface area contributed by atoms with Gasteiger partial charge in [-0.1, -0.05) is 54.6 Å². The van der Waals surface area contributed by atoms with Crippen LogP contribution in [0.5, 0.6) is 11.5 Å². The molecular formula is C35H48O10. The summed E-state index contributed by atoms with van der Waals surface area (Å²) >= 11 is 0. The van der Waals surface area contributed by atoms with E-state index >= 15 is 0 Å².